The van der Waals surface area contributed by atoms with Gasteiger partial charge in [0.05, 0.1) is 39.8 Å². The van der Waals surface area contributed by atoms with Gasteiger partial charge in [0.25, 0.3) is 0 Å². The van der Waals surface area contributed by atoms with Crippen molar-refractivity contribution < 1.29 is 23.8 Å². The zero-order chi connectivity index (χ0) is 13.1. The van der Waals surface area contributed by atoms with Crippen molar-refractivity contribution in [2.24, 2.45) is 5.92 Å². The normalized spacial score (nSPS) is 16.2. The van der Waals surface area contributed by atoms with E-state index in [1.807, 2.05) is 0 Å². The molecule has 1 aliphatic heterocycles. The van der Waals surface area contributed by atoms with E-state index in [0.29, 0.717) is 0 Å². The molecule has 0 aromatic carbocycles. The Balaban J connectivity index is 0.000000354. The number of carbonyl (C=O) groups is 2. The second kappa shape index (κ2) is 10.0. The molecule has 1 rings (SSSR count). The predicted molar refractivity (Wildman–Crippen MR) is 61.5 cm³/mol. The van der Waals surface area contributed by atoms with Gasteiger partial charge in [-0.1, -0.05) is 6.92 Å². The molecular formula is C11H21NO5. The molecule has 1 saturated heterocycles. The maximum Gasteiger partial charge on any atom is 0.308 e. The van der Waals surface area contributed by atoms with Gasteiger partial charge in [-0.2, -0.15) is 0 Å². The van der Waals surface area contributed by atoms with Crippen molar-refractivity contribution in [1.82, 2.24) is 5.32 Å². The van der Waals surface area contributed by atoms with Crippen molar-refractivity contribution in [3.8, 4) is 0 Å². The minimum atomic E-state index is -0.424. The van der Waals surface area contributed by atoms with E-state index in [1.165, 1.54) is 14.2 Å². The minimum Gasteiger partial charge on any atom is -0.469 e. The summed E-state index contributed by atoms with van der Waals surface area (Å²) >= 11 is 0. The molecular weight excluding hydrogens is 226 g/mol. The van der Waals surface area contributed by atoms with Crippen molar-refractivity contribution in [3.05, 3.63) is 0 Å². The van der Waals surface area contributed by atoms with Gasteiger partial charge in [0, 0.05) is 13.1 Å². The number of esters is 2. The fourth-order valence-corrected chi connectivity index (χ4v) is 1.13. The lowest BCUT2D eigenvalue weighted by atomic mass is 10.1. The first-order chi connectivity index (χ1) is 8.11. The fourth-order valence-electron chi connectivity index (χ4n) is 1.13. The largest absolute Gasteiger partial charge is 0.469 e. The molecule has 0 saturated carbocycles. The highest BCUT2D eigenvalue weighted by Gasteiger charge is 2.17. The summed E-state index contributed by atoms with van der Waals surface area (Å²) in [5, 5.41) is 3.16. The summed E-state index contributed by atoms with van der Waals surface area (Å²) in [6.07, 6.45) is 0.0726. The van der Waals surface area contributed by atoms with Crippen molar-refractivity contribution >= 4 is 11.9 Å². The molecule has 1 atom stereocenters. The van der Waals surface area contributed by atoms with Crippen LogP contribution in [-0.4, -0.2) is 52.5 Å². The number of rotatable bonds is 3. The second-order valence-corrected chi connectivity index (χ2v) is 3.57. The Kier molecular flexibility index (Phi) is 9.37. The first kappa shape index (κ1) is 15.9. The number of ether oxygens (including phenoxy) is 3. The molecule has 1 N–H and O–H groups in total. The molecule has 0 aromatic rings. The molecule has 0 aliphatic carbocycles. The van der Waals surface area contributed by atoms with E-state index < -0.39 is 17.9 Å². The summed E-state index contributed by atoms with van der Waals surface area (Å²) in [7, 11) is 2.57. The average Bonchev–Trinajstić information content (AvgIpc) is 2.40. The minimum absolute atomic E-state index is 0.0726. The van der Waals surface area contributed by atoms with Gasteiger partial charge in [0.1, 0.15) is 0 Å². The Bertz CT molecular complexity index is 216. The lowest BCUT2D eigenvalue weighted by Crippen LogP contribution is -2.30. The topological polar surface area (TPSA) is 73.9 Å². The van der Waals surface area contributed by atoms with Crippen LogP contribution in [0.1, 0.15) is 13.3 Å². The third-order valence-corrected chi connectivity index (χ3v) is 2.15. The van der Waals surface area contributed by atoms with Crippen LogP contribution in [0.5, 0.6) is 0 Å². The molecule has 17 heavy (non-hydrogen) atoms. The standard InChI is InChI=1S/C7H12O4.C4H9NO/c1-5(7(9)11-3)4-6(8)10-2;1-3-6-4-2-5-1/h5H,4H2,1-3H3;5H,1-4H2. The van der Waals surface area contributed by atoms with E-state index in [9.17, 15) is 9.59 Å². The maximum atomic E-state index is 10.7. The van der Waals surface area contributed by atoms with E-state index in [4.69, 9.17) is 4.74 Å². The van der Waals surface area contributed by atoms with E-state index in [-0.39, 0.29) is 6.42 Å². The highest BCUT2D eigenvalue weighted by Crippen LogP contribution is 2.04. The average molecular weight is 247 g/mol. The molecule has 0 radical (unpaired) electrons. The molecule has 0 bridgehead atoms. The number of hydrogen-bond acceptors (Lipinski definition) is 6. The molecule has 100 valence electrons. The summed E-state index contributed by atoms with van der Waals surface area (Å²) in [4.78, 5) is 21.3. The van der Waals surface area contributed by atoms with E-state index in [1.54, 1.807) is 6.92 Å². The molecule has 1 unspecified atom stereocenters. The molecule has 1 aliphatic rings. The molecule has 1 heterocycles. The Morgan fingerprint density at radius 1 is 1.24 bits per heavy atom. The third-order valence-electron chi connectivity index (χ3n) is 2.15. The van der Waals surface area contributed by atoms with Gasteiger partial charge in [-0.15, -0.1) is 0 Å². The Morgan fingerprint density at radius 2 is 1.82 bits per heavy atom. The van der Waals surface area contributed by atoms with Crippen LogP contribution >= 0.6 is 0 Å². The van der Waals surface area contributed by atoms with Crippen LogP contribution in [-0.2, 0) is 23.8 Å². The van der Waals surface area contributed by atoms with Crippen molar-refractivity contribution in [1.29, 1.82) is 0 Å². The summed E-state index contributed by atoms with van der Waals surface area (Å²) < 4.78 is 13.8. The number of nitrogens with one attached hydrogen (secondary N) is 1. The highest BCUT2D eigenvalue weighted by atomic mass is 16.5. The lowest BCUT2D eigenvalue weighted by molar-refractivity contribution is -0.151. The number of methoxy groups -OCH3 is 2. The van der Waals surface area contributed by atoms with Gasteiger partial charge in [0.2, 0.25) is 0 Å². The summed E-state index contributed by atoms with van der Waals surface area (Å²) in [6, 6.07) is 0. The van der Waals surface area contributed by atoms with Crippen LogP contribution in [0, 0.1) is 5.92 Å². The van der Waals surface area contributed by atoms with Gasteiger partial charge in [-0.05, 0) is 0 Å². The molecule has 6 heteroatoms. The Hall–Kier alpha value is -1.14. The first-order valence-corrected chi connectivity index (χ1v) is 5.55. The first-order valence-electron chi connectivity index (χ1n) is 5.55. The van der Waals surface area contributed by atoms with Crippen LogP contribution in [0.3, 0.4) is 0 Å². The van der Waals surface area contributed by atoms with Gasteiger partial charge in [-0.3, -0.25) is 9.59 Å². The van der Waals surface area contributed by atoms with Crippen molar-refractivity contribution in [3.63, 3.8) is 0 Å². The van der Waals surface area contributed by atoms with Gasteiger partial charge < -0.3 is 19.5 Å². The number of carbonyl (C=O) groups excluding carboxylic acids is 2. The van der Waals surface area contributed by atoms with E-state index in [0.717, 1.165) is 26.3 Å². The quantitative estimate of drug-likeness (QED) is 0.706. The monoisotopic (exact) mass is 247 g/mol. The smallest absolute Gasteiger partial charge is 0.308 e. The van der Waals surface area contributed by atoms with Crippen LogP contribution in [0.25, 0.3) is 0 Å². The number of hydrogen-bond donors (Lipinski definition) is 1. The van der Waals surface area contributed by atoms with Gasteiger partial charge in [-0.25, -0.2) is 0 Å². The fraction of sp³-hybridized carbons (Fsp3) is 0.818. The van der Waals surface area contributed by atoms with Gasteiger partial charge >= 0.3 is 11.9 Å². The zero-order valence-corrected chi connectivity index (χ0v) is 10.7. The van der Waals surface area contributed by atoms with Crippen LogP contribution < -0.4 is 5.32 Å². The van der Waals surface area contributed by atoms with Gasteiger partial charge in [0.15, 0.2) is 0 Å². The Morgan fingerprint density at radius 3 is 2.12 bits per heavy atom. The second-order valence-electron chi connectivity index (χ2n) is 3.57. The van der Waals surface area contributed by atoms with Crippen LogP contribution in [0.4, 0.5) is 0 Å². The molecule has 6 nitrogen and oxygen atoms in total. The summed E-state index contributed by atoms with van der Waals surface area (Å²) in [5.41, 5.74) is 0. The van der Waals surface area contributed by atoms with Crippen molar-refractivity contribution in [2.45, 2.75) is 13.3 Å². The third kappa shape index (κ3) is 8.65. The SMILES string of the molecule is C1COCCN1.COC(=O)CC(C)C(=O)OC. The molecule has 0 aromatic heterocycles. The zero-order valence-electron chi connectivity index (χ0n) is 10.7. The Labute approximate surface area is 102 Å². The van der Waals surface area contributed by atoms with Crippen molar-refractivity contribution in [2.75, 3.05) is 40.5 Å². The van der Waals surface area contributed by atoms with E-state index >= 15 is 0 Å². The molecule has 0 amide bonds. The lowest BCUT2D eigenvalue weighted by Gasteiger charge is -2.10. The highest BCUT2D eigenvalue weighted by molar-refractivity contribution is 5.79. The molecule has 1 fully saturated rings. The maximum absolute atomic E-state index is 10.7. The molecule has 0 spiro atoms. The predicted octanol–water partition coefficient (Wildman–Crippen LogP) is -0.0352. The summed E-state index contributed by atoms with van der Waals surface area (Å²) in [6.45, 7) is 5.45. The number of morpholine rings is 1. The summed E-state index contributed by atoms with van der Waals surface area (Å²) in [5.74, 6) is -1.22. The van der Waals surface area contributed by atoms with Crippen LogP contribution in [0.15, 0.2) is 0 Å². The van der Waals surface area contributed by atoms with E-state index in [2.05, 4.69) is 14.8 Å². The van der Waals surface area contributed by atoms with Crippen LogP contribution in [0.2, 0.25) is 0 Å².